The van der Waals surface area contributed by atoms with Gasteiger partial charge in [0, 0.05) is 12.6 Å². The molecule has 1 aliphatic rings. The van der Waals surface area contributed by atoms with E-state index in [2.05, 4.69) is 9.97 Å². The van der Waals surface area contributed by atoms with Crippen LogP contribution in [0.15, 0.2) is 34.9 Å². The van der Waals surface area contributed by atoms with E-state index in [1.54, 1.807) is 12.2 Å². The van der Waals surface area contributed by atoms with E-state index >= 15 is 0 Å². The summed E-state index contributed by atoms with van der Waals surface area (Å²) in [4.78, 5) is 19.9. The van der Waals surface area contributed by atoms with Crippen molar-refractivity contribution in [1.29, 1.82) is 0 Å². The van der Waals surface area contributed by atoms with E-state index in [0.29, 0.717) is 12.6 Å². The quantitative estimate of drug-likeness (QED) is 0.832. The van der Waals surface area contributed by atoms with Crippen LogP contribution in [0.2, 0.25) is 0 Å². The van der Waals surface area contributed by atoms with Crippen LogP contribution in [0.3, 0.4) is 0 Å². The van der Waals surface area contributed by atoms with Crippen LogP contribution in [0.1, 0.15) is 31.2 Å². The minimum atomic E-state index is -4.51. The van der Waals surface area contributed by atoms with Crippen LogP contribution in [-0.4, -0.2) is 15.8 Å². The lowest BCUT2D eigenvalue weighted by atomic mass is 9.98. The summed E-state index contributed by atoms with van der Waals surface area (Å²) in [5.74, 6) is -0.0155. The van der Waals surface area contributed by atoms with Crippen molar-refractivity contribution in [3.8, 4) is 0 Å². The molecule has 7 heteroatoms. The van der Waals surface area contributed by atoms with E-state index in [1.165, 1.54) is 0 Å². The van der Waals surface area contributed by atoms with Crippen molar-refractivity contribution in [2.45, 2.75) is 25.9 Å². The SMILES string of the molecule is CCC1C=CC=C(c2nc3cc(C(F)(F)F)cnc3o2)C(=O)C1. The second kappa shape index (κ2) is 5.64. The molecule has 0 amide bonds. The fourth-order valence-corrected chi connectivity index (χ4v) is 2.38. The van der Waals surface area contributed by atoms with Crippen LogP contribution in [0, 0.1) is 5.92 Å². The Bertz CT molecular complexity index is 818. The Morgan fingerprint density at radius 2 is 2.17 bits per heavy atom. The molecule has 2 heterocycles. The highest BCUT2D eigenvalue weighted by molar-refractivity contribution is 6.20. The summed E-state index contributed by atoms with van der Waals surface area (Å²) in [6.07, 6.45) is 2.58. The van der Waals surface area contributed by atoms with Crippen molar-refractivity contribution in [2.75, 3.05) is 0 Å². The third-order valence-electron chi connectivity index (χ3n) is 3.72. The van der Waals surface area contributed by atoms with Gasteiger partial charge >= 0.3 is 6.18 Å². The second-order valence-electron chi connectivity index (χ2n) is 5.33. The molecule has 1 atom stereocenters. The zero-order valence-electron chi connectivity index (χ0n) is 12.2. The van der Waals surface area contributed by atoms with Crippen molar-refractivity contribution in [2.24, 2.45) is 5.92 Å². The van der Waals surface area contributed by atoms with Gasteiger partial charge in [-0.05, 0) is 24.5 Å². The molecule has 4 nitrogen and oxygen atoms in total. The Balaban J connectivity index is 1.99. The van der Waals surface area contributed by atoms with Gasteiger partial charge in [-0.2, -0.15) is 13.2 Å². The van der Waals surface area contributed by atoms with Crippen LogP contribution in [-0.2, 0) is 11.0 Å². The zero-order valence-corrected chi connectivity index (χ0v) is 12.2. The first-order valence-electron chi connectivity index (χ1n) is 7.14. The number of ketones is 1. The van der Waals surface area contributed by atoms with Crippen LogP contribution >= 0.6 is 0 Å². The number of pyridine rings is 1. The van der Waals surface area contributed by atoms with E-state index in [-0.39, 0.29) is 34.4 Å². The van der Waals surface area contributed by atoms with Gasteiger partial charge in [0.15, 0.2) is 5.78 Å². The summed E-state index contributed by atoms with van der Waals surface area (Å²) in [6.45, 7) is 1.98. The van der Waals surface area contributed by atoms with E-state index in [4.69, 9.17) is 4.42 Å². The molecule has 0 N–H and O–H groups in total. The van der Waals surface area contributed by atoms with E-state index in [1.807, 2.05) is 13.0 Å². The average molecular weight is 322 g/mol. The maximum absolute atomic E-state index is 12.7. The van der Waals surface area contributed by atoms with Crippen LogP contribution in [0.5, 0.6) is 0 Å². The largest absolute Gasteiger partial charge is 0.418 e. The number of carbonyl (C=O) groups excluding carboxylic acids is 1. The molecular formula is C16H13F3N2O2. The van der Waals surface area contributed by atoms with Crippen molar-refractivity contribution in [3.63, 3.8) is 0 Å². The molecule has 0 aliphatic heterocycles. The minimum absolute atomic E-state index is 0.00164. The predicted octanol–water partition coefficient (Wildman–Crippen LogP) is 4.18. The molecule has 0 saturated heterocycles. The number of Topliss-reactive ketones (excluding diaryl/α,β-unsaturated/α-hetero) is 1. The molecule has 2 aromatic heterocycles. The van der Waals surface area contributed by atoms with Crippen molar-refractivity contribution >= 4 is 22.6 Å². The number of halogens is 3. The van der Waals surface area contributed by atoms with Gasteiger partial charge in [0.25, 0.3) is 0 Å². The normalized spacial score (nSPS) is 19.0. The molecule has 0 saturated carbocycles. The smallest absolute Gasteiger partial charge is 0.417 e. The number of nitrogens with zero attached hydrogens (tertiary/aromatic N) is 2. The Labute approximate surface area is 129 Å². The molecule has 0 bridgehead atoms. The van der Waals surface area contributed by atoms with Crippen molar-refractivity contribution in [1.82, 2.24) is 9.97 Å². The summed E-state index contributed by atoms with van der Waals surface area (Å²) in [6, 6.07) is 0.863. The number of allylic oxidation sites excluding steroid dienone is 4. The van der Waals surface area contributed by atoms with Crippen LogP contribution < -0.4 is 0 Å². The minimum Gasteiger partial charge on any atom is -0.418 e. The molecule has 2 aromatic rings. The standard InChI is InChI=1S/C16H13F3N2O2/c1-2-9-4-3-5-11(13(22)6-9)14-21-12-7-10(16(17,18)19)8-20-15(12)23-14/h3-5,7-9H,2,6H2,1H3. The number of fused-ring (bicyclic) bond motifs is 1. The summed E-state index contributed by atoms with van der Waals surface area (Å²) in [7, 11) is 0. The second-order valence-corrected chi connectivity index (χ2v) is 5.33. The van der Waals surface area contributed by atoms with Gasteiger partial charge in [0.05, 0.1) is 11.1 Å². The van der Waals surface area contributed by atoms with Gasteiger partial charge in [-0.3, -0.25) is 4.79 Å². The molecule has 0 aromatic carbocycles. The summed E-state index contributed by atoms with van der Waals surface area (Å²) in [5, 5.41) is 0. The van der Waals surface area contributed by atoms with Gasteiger partial charge in [-0.25, -0.2) is 9.97 Å². The average Bonchev–Trinajstić information content (AvgIpc) is 2.82. The van der Waals surface area contributed by atoms with Gasteiger partial charge in [-0.1, -0.05) is 19.1 Å². The maximum Gasteiger partial charge on any atom is 0.417 e. The van der Waals surface area contributed by atoms with E-state index in [9.17, 15) is 18.0 Å². The highest BCUT2D eigenvalue weighted by Gasteiger charge is 2.32. The Hall–Kier alpha value is -2.44. The lowest BCUT2D eigenvalue weighted by Crippen LogP contribution is -2.06. The third kappa shape index (κ3) is 3.04. The number of carbonyl (C=O) groups is 1. The number of hydrogen-bond acceptors (Lipinski definition) is 4. The highest BCUT2D eigenvalue weighted by atomic mass is 19.4. The molecule has 0 radical (unpaired) electrons. The van der Waals surface area contributed by atoms with Crippen LogP contribution in [0.4, 0.5) is 13.2 Å². The van der Waals surface area contributed by atoms with Gasteiger partial charge in [0.1, 0.15) is 5.52 Å². The van der Waals surface area contributed by atoms with Gasteiger partial charge < -0.3 is 4.42 Å². The zero-order chi connectivity index (χ0) is 16.6. The first kappa shape index (κ1) is 15.5. The first-order valence-corrected chi connectivity index (χ1v) is 7.14. The molecule has 1 aliphatic carbocycles. The Morgan fingerprint density at radius 1 is 1.39 bits per heavy atom. The van der Waals surface area contributed by atoms with E-state index in [0.717, 1.165) is 12.5 Å². The van der Waals surface area contributed by atoms with Crippen LogP contribution in [0.25, 0.3) is 16.8 Å². The molecule has 23 heavy (non-hydrogen) atoms. The predicted molar refractivity (Wildman–Crippen MR) is 77.3 cm³/mol. The lowest BCUT2D eigenvalue weighted by molar-refractivity contribution is -0.137. The molecule has 0 fully saturated rings. The fraction of sp³-hybridized carbons (Fsp3) is 0.312. The highest BCUT2D eigenvalue weighted by Crippen LogP contribution is 2.31. The fourth-order valence-electron chi connectivity index (χ4n) is 2.38. The van der Waals surface area contributed by atoms with Crippen molar-refractivity contribution in [3.05, 3.63) is 41.9 Å². The van der Waals surface area contributed by atoms with Gasteiger partial charge in [-0.15, -0.1) is 0 Å². The third-order valence-corrected chi connectivity index (χ3v) is 3.72. The Kier molecular flexibility index (Phi) is 3.79. The lowest BCUT2D eigenvalue weighted by Gasteiger charge is -2.06. The molecule has 120 valence electrons. The number of alkyl halides is 3. The summed E-state index contributed by atoms with van der Waals surface area (Å²) in [5.41, 5.74) is -0.702. The van der Waals surface area contributed by atoms with E-state index < -0.39 is 11.7 Å². The number of rotatable bonds is 2. The number of oxazole rings is 1. The molecule has 0 spiro atoms. The first-order chi connectivity index (χ1) is 10.9. The number of hydrogen-bond donors (Lipinski definition) is 0. The molecule has 1 unspecified atom stereocenters. The molecular weight excluding hydrogens is 309 g/mol. The topological polar surface area (TPSA) is 56.0 Å². The summed E-state index contributed by atoms with van der Waals surface area (Å²) < 4.78 is 43.5. The molecule has 3 rings (SSSR count). The monoisotopic (exact) mass is 322 g/mol. The summed E-state index contributed by atoms with van der Waals surface area (Å²) >= 11 is 0. The Morgan fingerprint density at radius 3 is 2.87 bits per heavy atom. The van der Waals surface area contributed by atoms with Crippen molar-refractivity contribution < 1.29 is 22.4 Å². The number of aromatic nitrogens is 2. The van der Waals surface area contributed by atoms with Gasteiger partial charge in [0.2, 0.25) is 11.6 Å². The maximum atomic E-state index is 12.7.